The lowest BCUT2D eigenvalue weighted by Crippen LogP contribution is -2.13. The van der Waals surface area contributed by atoms with Gasteiger partial charge >= 0.3 is 0 Å². The van der Waals surface area contributed by atoms with Crippen molar-refractivity contribution in [1.29, 1.82) is 0 Å². The third kappa shape index (κ3) is 6.09. The molecule has 154 valence electrons. The molecule has 0 aliphatic rings. The van der Waals surface area contributed by atoms with E-state index in [0.717, 1.165) is 0 Å². The molecule has 6 heteroatoms. The molecule has 0 heterocycles. The first kappa shape index (κ1) is 21.4. The third-order valence-electron chi connectivity index (χ3n) is 4.30. The van der Waals surface area contributed by atoms with E-state index in [1.54, 1.807) is 48.5 Å². The third-order valence-corrected chi connectivity index (χ3v) is 4.61. The van der Waals surface area contributed by atoms with Crippen molar-refractivity contribution in [2.45, 2.75) is 19.8 Å². The van der Waals surface area contributed by atoms with E-state index in [2.05, 4.69) is 5.32 Å². The molecule has 0 unspecified atom stereocenters. The van der Waals surface area contributed by atoms with Crippen LogP contribution in [0.1, 0.15) is 30.1 Å². The van der Waals surface area contributed by atoms with E-state index >= 15 is 0 Å². The Balaban J connectivity index is 1.49. The minimum absolute atomic E-state index is 0.0111. The molecule has 0 aliphatic heterocycles. The average Bonchev–Trinajstić information content (AvgIpc) is 2.74. The van der Waals surface area contributed by atoms with Gasteiger partial charge in [0, 0.05) is 12.0 Å². The van der Waals surface area contributed by atoms with Crippen LogP contribution in [0.15, 0.2) is 72.8 Å². The first-order valence-electron chi connectivity index (χ1n) is 9.58. The Morgan fingerprint density at radius 2 is 1.57 bits per heavy atom. The highest BCUT2D eigenvalue weighted by Crippen LogP contribution is 2.33. The van der Waals surface area contributed by atoms with Crippen LogP contribution in [0.25, 0.3) is 0 Å². The van der Waals surface area contributed by atoms with Crippen molar-refractivity contribution in [3.63, 3.8) is 0 Å². The van der Waals surface area contributed by atoms with Gasteiger partial charge in [-0.15, -0.1) is 0 Å². The van der Waals surface area contributed by atoms with Crippen molar-refractivity contribution in [2.75, 3.05) is 11.9 Å². The highest BCUT2D eigenvalue weighted by Gasteiger charge is 2.10. The van der Waals surface area contributed by atoms with Gasteiger partial charge in [0.2, 0.25) is 5.91 Å². The molecule has 3 rings (SSSR count). The topological polar surface area (TPSA) is 64.6 Å². The Morgan fingerprint density at radius 1 is 0.900 bits per heavy atom. The van der Waals surface area contributed by atoms with Gasteiger partial charge in [-0.2, -0.15) is 0 Å². The van der Waals surface area contributed by atoms with Crippen LogP contribution in [0.3, 0.4) is 0 Å². The highest BCUT2D eigenvalue weighted by atomic mass is 35.5. The van der Waals surface area contributed by atoms with Crippen LogP contribution in [-0.4, -0.2) is 18.3 Å². The highest BCUT2D eigenvalue weighted by molar-refractivity contribution is 6.32. The lowest BCUT2D eigenvalue weighted by Gasteiger charge is -2.13. The number of hydrogen-bond donors (Lipinski definition) is 1. The number of carbonyl (C=O) groups is 2. The fourth-order valence-corrected chi connectivity index (χ4v) is 2.90. The molecule has 0 fully saturated rings. The lowest BCUT2D eigenvalue weighted by atomic mass is 10.1. The second kappa shape index (κ2) is 10.5. The van der Waals surface area contributed by atoms with Crippen LogP contribution in [0.4, 0.5) is 5.69 Å². The van der Waals surface area contributed by atoms with Crippen LogP contribution in [0.5, 0.6) is 17.2 Å². The molecule has 0 saturated carbocycles. The normalized spacial score (nSPS) is 10.3. The number of nitrogens with one attached hydrogen (secondary N) is 1. The zero-order valence-electron chi connectivity index (χ0n) is 16.6. The number of benzene rings is 3. The molecule has 0 spiro atoms. The van der Waals surface area contributed by atoms with Crippen molar-refractivity contribution in [3.05, 3.63) is 83.4 Å². The number of anilines is 1. The summed E-state index contributed by atoms with van der Waals surface area (Å²) in [7, 11) is 0. The Labute approximate surface area is 180 Å². The Morgan fingerprint density at radius 3 is 2.27 bits per heavy atom. The molecule has 0 bridgehead atoms. The summed E-state index contributed by atoms with van der Waals surface area (Å²) >= 11 is 6.15. The summed E-state index contributed by atoms with van der Waals surface area (Å²) in [5, 5.41) is 3.36. The van der Waals surface area contributed by atoms with Crippen LogP contribution >= 0.6 is 11.6 Å². The first-order valence-corrected chi connectivity index (χ1v) is 9.96. The number of para-hydroxylation sites is 3. The molecular formula is C24H22ClNO4. The standard InChI is InChI=1S/C24H22ClNO4/c1-17(27)18-12-14-19(15-13-18)29-16-6-11-24(28)26-21-8-3-5-10-23(21)30-22-9-4-2-7-20(22)25/h2-5,7-10,12-15H,6,11,16H2,1H3,(H,26,28). The molecule has 5 nitrogen and oxygen atoms in total. The van der Waals surface area contributed by atoms with Gasteiger partial charge in [0.1, 0.15) is 11.5 Å². The summed E-state index contributed by atoms with van der Waals surface area (Å²) in [5.74, 6) is 1.57. The summed E-state index contributed by atoms with van der Waals surface area (Å²) < 4.78 is 11.5. The maximum absolute atomic E-state index is 12.3. The average molecular weight is 424 g/mol. The number of Topliss-reactive ketones (excluding diaryl/α,β-unsaturated/α-hetero) is 1. The van der Waals surface area contributed by atoms with Gasteiger partial charge in [-0.25, -0.2) is 0 Å². The predicted octanol–water partition coefficient (Wildman–Crippen LogP) is 6.13. The van der Waals surface area contributed by atoms with E-state index in [9.17, 15) is 9.59 Å². The fraction of sp³-hybridized carbons (Fsp3) is 0.167. The molecule has 1 amide bonds. The van der Waals surface area contributed by atoms with Gasteiger partial charge in [0.15, 0.2) is 11.5 Å². The zero-order valence-corrected chi connectivity index (χ0v) is 17.3. The summed E-state index contributed by atoms with van der Waals surface area (Å²) in [5.41, 5.74) is 1.21. The Hall–Kier alpha value is -3.31. The van der Waals surface area contributed by atoms with Crippen LogP contribution in [0.2, 0.25) is 5.02 Å². The largest absolute Gasteiger partial charge is 0.494 e. The van der Waals surface area contributed by atoms with E-state index in [0.29, 0.717) is 53.0 Å². The van der Waals surface area contributed by atoms with Gasteiger partial charge in [0.05, 0.1) is 17.3 Å². The van der Waals surface area contributed by atoms with Gasteiger partial charge in [0.25, 0.3) is 0 Å². The number of hydrogen-bond acceptors (Lipinski definition) is 4. The maximum Gasteiger partial charge on any atom is 0.224 e. The van der Waals surface area contributed by atoms with Crippen molar-refractivity contribution in [3.8, 4) is 17.2 Å². The fourth-order valence-electron chi connectivity index (χ4n) is 2.73. The van der Waals surface area contributed by atoms with Crippen molar-refractivity contribution in [2.24, 2.45) is 0 Å². The Kier molecular flexibility index (Phi) is 7.46. The maximum atomic E-state index is 12.3. The van der Waals surface area contributed by atoms with Crippen LogP contribution in [0, 0.1) is 0 Å². The summed E-state index contributed by atoms with van der Waals surface area (Å²) in [6.07, 6.45) is 0.847. The summed E-state index contributed by atoms with van der Waals surface area (Å²) in [4.78, 5) is 23.6. The van der Waals surface area contributed by atoms with Gasteiger partial charge < -0.3 is 14.8 Å². The molecule has 0 saturated heterocycles. The molecule has 0 atom stereocenters. The van der Waals surface area contributed by atoms with E-state index in [4.69, 9.17) is 21.1 Å². The van der Waals surface area contributed by atoms with Gasteiger partial charge in [-0.05, 0) is 61.9 Å². The van der Waals surface area contributed by atoms with E-state index in [1.165, 1.54) is 6.92 Å². The number of ether oxygens (including phenoxy) is 2. The number of amides is 1. The SMILES string of the molecule is CC(=O)c1ccc(OCCCC(=O)Nc2ccccc2Oc2ccccc2Cl)cc1. The molecular weight excluding hydrogens is 402 g/mol. The second-order valence-corrected chi connectivity index (χ2v) is 7.02. The first-order chi connectivity index (χ1) is 14.5. The monoisotopic (exact) mass is 423 g/mol. The van der Waals surface area contributed by atoms with E-state index in [1.807, 2.05) is 24.3 Å². The smallest absolute Gasteiger partial charge is 0.224 e. The molecule has 0 aromatic heterocycles. The summed E-state index contributed by atoms with van der Waals surface area (Å²) in [6, 6.07) is 21.3. The van der Waals surface area contributed by atoms with Crippen molar-refractivity contribution < 1.29 is 19.1 Å². The van der Waals surface area contributed by atoms with Gasteiger partial charge in [-0.3, -0.25) is 9.59 Å². The number of carbonyl (C=O) groups excluding carboxylic acids is 2. The minimum atomic E-state index is -0.138. The van der Waals surface area contributed by atoms with E-state index in [-0.39, 0.29) is 11.7 Å². The molecule has 1 N–H and O–H groups in total. The van der Waals surface area contributed by atoms with E-state index < -0.39 is 0 Å². The lowest BCUT2D eigenvalue weighted by molar-refractivity contribution is -0.116. The van der Waals surface area contributed by atoms with Crippen LogP contribution in [-0.2, 0) is 4.79 Å². The second-order valence-electron chi connectivity index (χ2n) is 6.61. The molecule has 3 aromatic carbocycles. The van der Waals surface area contributed by atoms with Gasteiger partial charge in [-0.1, -0.05) is 35.9 Å². The Bertz CT molecular complexity index is 1020. The minimum Gasteiger partial charge on any atom is -0.494 e. The zero-order chi connectivity index (χ0) is 21.3. The predicted molar refractivity (Wildman–Crippen MR) is 118 cm³/mol. The number of rotatable bonds is 9. The number of ketones is 1. The van der Waals surface area contributed by atoms with Crippen LogP contribution < -0.4 is 14.8 Å². The molecule has 3 aromatic rings. The summed E-state index contributed by atoms with van der Waals surface area (Å²) in [6.45, 7) is 1.91. The van der Waals surface area contributed by atoms with Crippen molar-refractivity contribution >= 4 is 29.0 Å². The molecule has 0 aliphatic carbocycles. The quantitative estimate of drug-likeness (QED) is 0.332. The molecule has 0 radical (unpaired) electrons. The molecule has 30 heavy (non-hydrogen) atoms. The van der Waals surface area contributed by atoms with Crippen molar-refractivity contribution in [1.82, 2.24) is 0 Å². The number of halogens is 1.